The fourth-order valence-electron chi connectivity index (χ4n) is 2.54. The molecule has 1 atom stereocenters. The minimum atomic E-state index is -3.33. The molecule has 0 aliphatic carbocycles. The molecule has 21 heavy (non-hydrogen) atoms. The van der Waals surface area contributed by atoms with Gasteiger partial charge in [0, 0.05) is 31.3 Å². The van der Waals surface area contributed by atoms with Gasteiger partial charge >= 0.3 is 0 Å². The summed E-state index contributed by atoms with van der Waals surface area (Å²) in [6, 6.07) is 1.51. The molecular weight excluding hydrogens is 296 g/mol. The average molecular weight is 310 g/mol. The second-order valence-electron chi connectivity index (χ2n) is 5.03. The van der Waals surface area contributed by atoms with Crippen LogP contribution < -0.4 is 0 Å². The third-order valence-corrected chi connectivity index (χ3v) is 4.69. The Labute approximate surface area is 121 Å². The summed E-state index contributed by atoms with van der Waals surface area (Å²) in [7, 11) is -3.33. The first-order chi connectivity index (χ1) is 9.97. The van der Waals surface area contributed by atoms with Gasteiger partial charge in [0.15, 0.2) is 9.84 Å². The van der Waals surface area contributed by atoms with Crippen molar-refractivity contribution in [3.63, 3.8) is 0 Å². The van der Waals surface area contributed by atoms with Gasteiger partial charge in [-0.1, -0.05) is 5.16 Å². The maximum atomic E-state index is 12.2. The highest BCUT2D eigenvalue weighted by Gasteiger charge is 2.33. The average Bonchev–Trinajstić information content (AvgIpc) is 3.16. The summed E-state index contributed by atoms with van der Waals surface area (Å²) < 4.78 is 28.3. The molecule has 2 aromatic heterocycles. The predicted molar refractivity (Wildman–Crippen MR) is 71.5 cm³/mol. The van der Waals surface area contributed by atoms with E-state index in [4.69, 9.17) is 4.52 Å². The number of amides is 1. The van der Waals surface area contributed by atoms with Gasteiger partial charge in [-0.25, -0.2) is 8.42 Å². The number of carbonyl (C=O) groups is 1. The van der Waals surface area contributed by atoms with E-state index in [-0.39, 0.29) is 22.5 Å². The Kier molecular flexibility index (Phi) is 3.28. The lowest BCUT2D eigenvalue weighted by atomic mass is 10.1. The number of nitrogens with one attached hydrogen (secondary N) is 1. The maximum Gasteiger partial charge on any atom is 0.292 e. The zero-order valence-corrected chi connectivity index (χ0v) is 12.1. The molecule has 0 spiro atoms. The first kappa shape index (κ1) is 13.8. The van der Waals surface area contributed by atoms with Gasteiger partial charge in [0.1, 0.15) is 4.90 Å². The number of nitrogens with zero attached hydrogens (tertiary/aromatic N) is 3. The van der Waals surface area contributed by atoms with Gasteiger partial charge in [-0.15, -0.1) is 0 Å². The van der Waals surface area contributed by atoms with Gasteiger partial charge in [-0.2, -0.15) is 5.10 Å². The first-order valence-corrected chi connectivity index (χ1v) is 8.29. The third kappa shape index (κ3) is 2.56. The van der Waals surface area contributed by atoms with Crippen molar-refractivity contribution in [2.24, 2.45) is 0 Å². The van der Waals surface area contributed by atoms with E-state index in [1.165, 1.54) is 18.5 Å². The Morgan fingerprint density at radius 3 is 3.00 bits per heavy atom. The maximum absolute atomic E-state index is 12.2. The summed E-state index contributed by atoms with van der Waals surface area (Å²) in [5, 5.41) is 10.1. The standard InChI is InChI=1S/C12H14N4O4S/c1-21(18,19)10-6-13-15-11(10)8-3-5-16(7-8)12(17)9-2-4-14-20-9/h2,4,6,8H,3,5,7H2,1H3,(H,13,15). The van der Waals surface area contributed by atoms with Crippen molar-refractivity contribution in [2.75, 3.05) is 19.3 Å². The molecule has 1 unspecified atom stereocenters. The summed E-state index contributed by atoms with van der Waals surface area (Å²) in [6.07, 6.45) is 4.54. The number of H-pyrrole nitrogens is 1. The van der Waals surface area contributed by atoms with E-state index in [1.807, 2.05) is 0 Å². The van der Waals surface area contributed by atoms with Gasteiger partial charge in [0.2, 0.25) is 5.76 Å². The van der Waals surface area contributed by atoms with Crippen molar-refractivity contribution < 1.29 is 17.7 Å². The van der Waals surface area contributed by atoms with E-state index >= 15 is 0 Å². The number of rotatable bonds is 3. The Bertz CT molecular complexity index is 750. The quantitative estimate of drug-likeness (QED) is 0.880. The van der Waals surface area contributed by atoms with Crippen LogP contribution >= 0.6 is 0 Å². The molecule has 2 aromatic rings. The van der Waals surface area contributed by atoms with E-state index in [9.17, 15) is 13.2 Å². The van der Waals surface area contributed by atoms with Gasteiger partial charge in [0.05, 0.1) is 18.1 Å². The number of aromatic amines is 1. The number of hydrogen-bond acceptors (Lipinski definition) is 6. The number of aromatic nitrogens is 3. The minimum absolute atomic E-state index is 0.0795. The van der Waals surface area contributed by atoms with Crippen molar-refractivity contribution >= 4 is 15.7 Å². The van der Waals surface area contributed by atoms with Crippen LogP contribution in [0.1, 0.15) is 28.6 Å². The Morgan fingerprint density at radius 2 is 2.33 bits per heavy atom. The summed E-state index contributed by atoms with van der Waals surface area (Å²) in [6.45, 7) is 0.955. The zero-order valence-electron chi connectivity index (χ0n) is 11.3. The third-order valence-electron chi connectivity index (χ3n) is 3.56. The largest absolute Gasteiger partial charge is 0.351 e. The molecule has 0 radical (unpaired) electrons. The second kappa shape index (κ2) is 4.99. The fourth-order valence-corrected chi connectivity index (χ4v) is 3.39. The van der Waals surface area contributed by atoms with Crippen LogP contribution in [0.5, 0.6) is 0 Å². The first-order valence-electron chi connectivity index (χ1n) is 6.40. The Hall–Kier alpha value is -2.16. The number of sulfone groups is 1. The molecule has 112 valence electrons. The topological polar surface area (TPSA) is 109 Å². The summed E-state index contributed by atoms with van der Waals surface area (Å²) in [5.74, 6) is -0.136. The lowest BCUT2D eigenvalue weighted by Crippen LogP contribution is -2.28. The van der Waals surface area contributed by atoms with Crippen LogP contribution in [0, 0.1) is 0 Å². The number of likely N-dealkylation sites (tertiary alicyclic amines) is 1. The molecule has 3 heterocycles. The van der Waals surface area contributed by atoms with Crippen LogP contribution in [0.15, 0.2) is 27.9 Å². The summed E-state index contributed by atoms with van der Waals surface area (Å²) in [5.41, 5.74) is 0.561. The summed E-state index contributed by atoms with van der Waals surface area (Å²) >= 11 is 0. The summed E-state index contributed by atoms with van der Waals surface area (Å²) in [4.78, 5) is 14.0. The predicted octanol–water partition coefficient (Wildman–Crippen LogP) is 0.431. The Balaban J connectivity index is 1.79. The molecule has 0 saturated carbocycles. The molecule has 9 heteroatoms. The molecule has 1 amide bonds. The van der Waals surface area contributed by atoms with Crippen LogP contribution in [0.4, 0.5) is 0 Å². The van der Waals surface area contributed by atoms with Crippen LogP contribution in [-0.4, -0.2) is 53.9 Å². The van der Waals surface area contributed by atoms with E-state index in [0.717, 1.165) is 6.26 Å². The zero-order chi connectivity index (χ0) is 15.0. The van der Waals surface area contributed by atoms with Crippen molar-refractivity contribution in [3.05, 3.63) is 29.9 Å². The molecule has 1 fully saturated rings. The SMILES string of the molecule is CS(=O)(=O)c1cn[nH]c1C1CCN(C(=O)c2ccno2)C1. The highest BCUT2D eigenvalue weighted by molar-refractivity contribution is 7.90. The highest BCUT2D eigenvalue weighted by Crippen LogP contribution is 2.30. The molecule has 1 aliphatic heterocycles. The molecule has 3 rings (SSSR count). The van der Waals surface area contributed by atoms with Gasteiger partial charge < -0.3 is 9.42 Å². The van der Waals surface area contributed by atoms with Gasteiger partial charge in [-0.05, 0) is 6.42 Å². The van der Waals surface area contributed by atoms with Gasteiger partial charge in [-0.3, -0.25) is 9.89 Å². The number of carbonyl (C=O) groups excluding carboxylic acids is 1. The molecule has 0 bridgehead atoms. The molecule has 1 N–H and O–H groups in total. The fraction of sp³-hybridized carbons (Fsp3) is 0.417. The normalized spacial score (nSPS) is 19.1. The number of hydrogen-bond donors (Lipinski definition) is 1. The molecule has 0 aromatic carbocycles. The van der Waals surface area contributed by atoms with E-state index in [2.05, 4.69) is 15.4 Å². The molecular formula is C12H14N4O4S. The van der Waals surface area contributed by atoms with Crippen molar-refractivity contribution in [3.8, 4) is 0 Å². The van der Waals surface area contributed by atoms with E-state index in [0.29, 0.717) is 25.2 Å². The molecule has 1 saturated heterocycles. The molecule has 1 aliphatic rings. The van der Waals surface area contributed by atoms with Crippen LogP contribution in [0.2, 0.25) is 0 Å². The lowest BCUT2D eigenvalue weighted by molar-refractivity contribution is 0.0749. The monoisotopic (exact) mass is 310 g/mol. The van der Waals surface area contributed by atoms with Crippen LogP contribution in [0.3, 0.4) is 0 Å². The lowest BCUT2D eigenvalue weighted by Gasteiger charge is -2.14. The second-order valence-corrected chi connectivity index (χ2v) is 7.02. The van der Waals surface area contributed by atoms with Crippen molar-refractivity contribution in [1.29, 1.82) is 0 Å². The van der Waals surface area contributed by atoms with Crippen LogP contribution in [-0.2, 0) is 9.84 Å². The Morgan fingerprint density at radius 1 is 1.52 bits per heavy atom. The van der Waals surface area contributed by atoms with Crippen molar-refractivity contribution in [2.45, 2.75) is 17.2 Å². The smallest absolute Gasteiger partial charge is 0.292 e. The van der Waals surface area contributed by atoms with Gasteiger partial charge in [0.25, 0.3) is 5.91 Å². The minimum Gasteiger partial charge on any atom is -0.351 e. The van der Waals surface area contributed by atoms with Crippen LogP contribution in [0.25, 0.3) is 0 Å². The van der Waals surface area contributed by atoms with E-state index < -0.39 is 9.84 Å². The molecule has 8 nitrogen and oxygen atoms in total. The highest BCUT2D eigenvalue weighted by atomic mass is 32.2. The van der Waals surface area contributed by atoms with E-state index in [1.54, 1.807) is 4.90 Å². The van der Waals surface area contributed by atoms with Crippen molar-refractivity contribution in [1.82, 2.24) is 20.3 Å².